The van der Waals surface area contributed by atoms with Crippen molar-refractivity contribution in [2.45, 2.75) is 30.7 Å². The van der Waals surface area contributed by atoms with Crippen LogP contribution in [0.3, 0.4) is 0 Å². The molecule has 0 radical (unpaired) electrons. The van der Waals surface area contributed by atoms with Crippen molar-refractivity contribution in [3.8, 4) is 5.75 Å². The van der Waals surface area contributed by atoms with E-state index in [4.69, 9.17) is 4.74 Å². The van der Waals surface area contributed by atoms with Crippen molar-refractivity contribution < 1.29 is 17.9 Å². The van der Waals surface area contributed by atoms with E-state index in [9.17, 15) is 13.2 Å². The highest BCUT2D eigenvalue weighted by molar-refractivity contribution is 7.90. The Balaban J connectivity index is 1.88. The van der Waals surface area contributed by atoms with Crippen LogP contribution in [-0.2, 0) is 21.1 Å². The van der Waals surface area contributed by atoms with Gasteiger partial charge in [0.05, 0.1) is 18.0 Å². The lowest BCUT2D eigenvalue weighted by Crippen LogP contribution is -2.26. The first-order valence-electron chi connectivity index (χ1n) is 8.02. The quantitative estimate of drug-likeness (QED) is 0.823. The predicted molar refractivity (Wildman–Crippen MR) is 97.4 cm³/mol. The Bertz CT molecular complexity index is 812. The Morgan fingerprint density at radius 2 is 1.68 bits per heavy atom. The highest BCUT2D eigenvalue weighted by Crippen LogP contribution is 2.17. The van der Waals surface area contributed by atoms with Crippen LogP contribution >= 0.6 is 0 Å². The maximum atomic E-state index is 12.1. The van der Waals surface area contributed by atoms with Crippen LogP contribution in [0.15, 0.2) is 53.4 Å². The average Bonchev–Trinajstić information content (AvgIpc) is 2.59. The number of ether oxygens (including phenoxy) is 1. The first-order valence-corrected chi connectivity index (χ1v) is 9.91. The molecule has 1 amide bonds. The first kappa shape index (κ1) is 19.0. The Hall–Kier alpha value is -2.34. The summed E-state index contributed by atoms with van der Waals surface area (Å²) < 4.78 is 28.1. The van der Waals surface area contributed by atoms with Gasteiger partial charge in [0.2, 0.25) is 5.91 Å². The molecule has 0 bridgehead atoms. The number of hydrogen-bond donors (Lipinski definition) is 1. The minimum atomic E-state index is -3.21. The standard InChI is InChI=1S/C19H23NO4S/c1-14(16-7-11-18(12-8-16)25(3,22)23)20-19(21)13-6-15-4-9-17(24-2)10-5-15/h4-5,7-12,14H,6,13H2,1-3H3,(H,20,21)/t14-/m1/s1. The number of benzene rings is 2. The molecule has 6 heteroatoms. The van der Waals surface area contributed by atoms with Gasteiger partial charge in [-0.05, 0) is 48.7 Å². The summed E-state index contributed by atoms with van der Waals surface area (Å²) in [6.45, 7) is 1.88. The lowest BCUT2D eigenvalue weighted by molar-refractivity contribution is -0.121. The van der Waals surface area contributed by atoms with E-state index in [1.807, 2.05) is 31.2 Å². The van der Waals surface area contributed by atoms with Gasteiger partial charge in [0, 0.05) is 12.7 Å². The summed E-state index contributed by atoms with van der Waals surface area (Å²) in [5.41, 5.74) is 1.94. The number of sulfone groups is 1. The van der Waals surface area contributed by atoms with Crippen LogP contribution in [0.2, 0.25) is 0 Å². The molecule has 0 fully saturated rings. The molecular weight excluding hydrogens is 338 g/mol. The normalized spacial score (nSPS) is 12.4. The van der Waals surface area contributed by atoms with E-state index in [0.717, 1.165) is 16.9 Å². The summed E-state index contributed by atoms with van der Waals surface area (Å²) in [6.07, 6.45) is 2.21. The van der Waals surface area contributed by atoms with Crippen LogP contribution in [0, 0.1) is 0 Å². The zero-order chi connectivity index (χ0) is 18.4. The Morgan fingerprint density at radius 1 is 1.08 bits per heavy atom. The minimum absolute atomic E-state index is 0.0458. The van der Waals surface area contributed by atoms with Crippen molar-refractivity contribution in [2.24, 2.45) is 0 Å². The lowest BCUT2D eigenvalue weighted by atomic mass is 10.1. The van der Waals surface area contributed by atoms with Gasteiger partial charge >= 0.3 is 0 Å². The maximum absolute atomic E-state index is 12.1. The number of methoxy groups -OCH3 is 1. The highest BCUT2D eigenvalue weighted by Gasteiger charge is 2.12. The molecule has 2 aromatic carbocycles. The number of rotatable bonds is 7. The van der Waals surface area contributed by atoms with Gasteiger partial charge in [0.25, 0.3) is 0 Å². The van der Waals surface area contributed by atoms with Gasteiger partial charge in [-0.2, -0.15) is 0 Å². The van der Waals surface area contributed by atoms with Crippen LogP contribution in [0.5, 0.6) is 5.75 Å². The molecule has 2 aromatic rings. The second-order valence-electron chi connectivity index (χ2n) is 5.98. The van der Waals surface area contributed by atoms with Crippen LogP contribution < -0.4 is 10.1 Å². The molecule has 0 spiro atoms. The molecule has 1 N–H and O–H groups in total. The van der Waals surface area contributed by atoms with Gasteiger partial charge in [-0.3, -0.25) is 4.79 Å². The summed E-state index contributed by atoms with van der Waals surface area (Å²) in [6, 6.07) is 14.0. The SMILES string of the molecule is COc1ccc(CCC(=O)N[C@H](C)c2ccc(S(C)(=O)=O)cc2)cc1. The largest absolute Gasteiger partial charge is 0.497 e. The van der Waals surface area contributed by atoms with Crippen LogP contribution in [-0.4, -0.2) is 27.7 Å². The van der Waals surface area contributed by atoms with E-state index in [1.165, 1.54) is 6.26 Å². The molecule has 0 saturated heterocycles. The Labute approximate surface area is 148 Å². The number of hydrogen-bond acceptors (Lipinski definition) is 4. The van der Waals surface area contributed by atoms with Crippen molar-refractivity contribution in [3.05, 3.63) is 59.7 Å². The fourth-order valence-corrected chi connectivity index (χ4v) is 3.08. The summed E-state index contributed by atoms with van der Waals surface area (Å²) in [4.78, 5) is 12.4. The molecular formula is C19H23NO4S. The summed E-state index contributed by atoms with van der Waals surface area (Å²) in [7, 11) is -1.59. The fraction of sp³-hybridized carbons (Fsp3) is 0.316. The van der Waals surface area contributed by atoms with Gasteiger partial charge in [-0.15, -0.1) is 0 Å². The van der Waals surface area contributed by atoms with Gasteiger partial charge in [-0.1, -0.05) is 24.3 Å². The second-order valence-corrected chi connectivity index (χ2v) is 7.99. The summed E-state index contributed by atoms with van der Waals surface area (Å²) >= 11 is 0. The van der Waals surface area contributed by atoms with E-state index >= 15 is 0 Å². The maximum Gasteiger partial charge on any atom is 0.220 e. The number of carbonyl (C=O) groups excluding carboxylic acids is 1. The number of aryl methyl sites for hydroxylation is 1. The van der Waals surface area contributed by atoms with Crippen LogP contribution in [0.1, 0.15) is 30.5 Å². The molecule has 1 atom stereocenters. The molecule has 25 heavy (non-hydrogen) atoms. The van der Waals surface area contributed by atoms with E-state index in [-0.39, 0.29) is 16.8 Å². The fourth-order valence-electron chi connectivity index (χ4n) is 2.45. The van der Waals surface area contributed by atoms with Crippen molar-refractivity contribution in [1.29, 1.82) is 0 Å². The molecule has 5 nitrogen and oxygen atoms in total. The molecule has 0 aliphatic carbocycles. The third-order valence-electron chi connectivity index (χ3n) is 3.99. The highest BCUT2D eigenvalue weighted by atomic mass is 32.2. The average molecular weight is 361 g/mol. The molecule has 2 rings (SSSR count). The van der Waals surface area contributed by atoms with Gasteiger partial charge in [0.1, 0.15) is 5.75 Å². The molecule has 0 aromatic heterocycles. The summed E-state index contributed by atoms with van der Waals surface area (Å²) in [5, 5.41) is 2.93. The van der Waals surface area contributed by atoms with Crippen LogP contribution in [0.25, 0.3) is 0 Å². The summed E-state index contributed by atoms with van der Waals surface area (Å²) in [5.74, 6) is 0.745. The van der Waals surface area contributed by atoms with Gasteiger partial charge < -0.3 is 10.1 Å². The Kier molecular flexibility index (Phi) is 6.20. The molecule has 134 valence electrons. The molecule has 0 aliphatic rings. The molecule has 0 aliphatic heterocycles. The number of amides is 1. The second kappa shape index (κ2) is 8.16. The van der Waals surface area contributed by atoms with E-state index in [2.05, 4.69) is 5.32 Å². The molecule has 0 unspecified atom stereocenters. The van der Waals surface area contributed by atoms with Crippen LogP contribution in [0.4, 0.5) is 0 Å². The van der Waals surface area contributed by atoms with Crippen molar-refractivity contribution >= 4 is 15.7 Å². The molecule has 0 saturated carbocycles. The topological polar surface area (TPSA) is 72.5 Å². The molecule has 0 heterocycles. The van der Waals surface area contributed by atoms with Gasteiger partial charge in [0.15, 0.2) is 9.84 Å². The van der Waals surface area contributed by atoms with Crippen molar-refractivity contribution in [3.63, 3.8) is 0 Å². The zero-order valence-corrected chi connectivity index (χ0v) is 15.5. The number of nitrogens with one attached hydrogen (secondary N) is 1. The Morgan fingerprint density at radius 3 is 2.20 bits per heavy atom. The monoisotopic (exact) mass is 361 g/mol. The smallest absolute Gasteiger partial charge is 0.220 e. The van der Waals surface area contributed by atoms with E-state index in [0.29, 0.717) is 12.8 Å². The zero-order valence-electron chi connectivity index (χ0n) is 14.7. The van der Waals surface area contributed by atoms with Crippen molar-refractivity contribution in [1.82, 2.24) is 5.32 Å². The minimum Gasteiger partial charge on any atom is -0.497 e. The van der Waals surface area contributed by atoms with E-state index in [1.54, 1.807) is 31.4 Å². The third kappa shape index (κ3) is 5.60. The van der Waals surface area contributed by atoms with E-state index < -0.39 is 9.84 Å². The first-order chi connectivity index (χ1) is 11.8. The van der Waals surface area contributed by atoms with Gasteiger partial charge in [-0.25, -0.2) is 8.42 Å². The predicted octanol–water partition coefficient (Wildman–Crippen LogP) is 2.91. The van der Waals surface area contributed by atoms with Crippen molar-refractivity contribution in [2.75, 3.05) is 13.4 Å². The third-order valence-corrected chi connectivity index (χ3v) is 5.11. The number of carbonyl (C=O) groups is 1. The lowest BCUT2D eigenvalue weighted by Gasteiger charge is -2.15.